The van der Waals surface area contributed by atoms with Crippen LogP contribution in [0.2, 0.25) is 0 Å². The summed E-state index contributed by atoms with van der Waals surface area (Å²) in [7, 11) is 0. The maximum absolute atomic E-state index is 11.8. The molecule has 0 saturated carbocycles. The number of aromatic nitrogens is 1. The molecule has 0 spiro atoms. The van der Waals surface area contributed by atoms with Crippen molar-refractivity contribution >= 4 is 40.5 Å². The fourth-order valence-corrected chi connectivity index (χ4v) is 3.75. The highest BCUT2D eigenvalue weighted by atomic mass is 32.1. The molecule has 0 aliphatic carbocycles. The summed E-state index contributed by atoms with van der Waals surface area (Å²) >= 11 is 3.17. The van der Waals surface area contributed by atoms with Gasteiger partial charge in [-0.05, 0) is 17.9 Å². The van der Waals surface area contributed by atoms with Crippen LogP contribution in [-0.4, -0.2) is 28.9 Å². The number of nitrogens with one attached hydrogen (secondary N) is 3. The van der Waals surface area contributed by atoms with Crippen LogP contribution in [0, 0.1) is 0 Å². The molecular formula is C14H14N4O3S2. The van der Waals surface area contributed by atoms with Crippen LogP contribution in [0.15, 0.2) is 22.9 Å². The third kappa shape index (κ3) is 3.93. The van der Waals surface area contributed by atoms with E-state index in [4.69, 9.17) is 0 Å². The maximum atomic E-state index is 11.8. The zero-order valence-electron chi connectivity index (χ0n) is 12.0. The van der Waals surface area contributed by atoms with E-state index in [1.165, 1.54) is 0 Å². The summed E-state index contributed by atoms with van der Waals surface area (Å²) in [5.41, 5.74) is 0.804. The largest absolute Gasteiger partial charge is 0.350 e. The molecule has 3 heterocycles. The molecule has 120 valence electrons. The Balaban J connectivity index is 1.44. The molecule has 0 aromatic carbocycles. The highest BCUT2D eigenvalue weighted by Crippen LogP contribution is 2.27. The van der Waals surface area contributed by atoms with Crippen LogP contribution < -0.4 is 16.0 Å². The van der Waals surface area contributed by atoms with Gasteiger partial charge in [-0.3, -0.25) is 14.9 Å². The lowest BCUT2D eigenvalue weighted by molar-refractivity contribution is -0.122. The SMILES string of the molecule is O=C(CCC1NC(=O)NC1=O)NCc1csc(-c2cccs2)n1. The number of nitrogens with zero attached hydrogens (tertiary/aromatic N) is 1. The molecular weight excluding hydrogens is 336 g/mol. The van der Waals surface area contributed by atoms with Crippen molar-refractivity contribution in [1.29, 1.82) is 0 Å². The van der Waals surface area contributed by atoms with Crippen LogP contribution in [0.5, 0.6) is 0 Å². The Labute approximate surface area is 140 Å². The summed E-state index contributed by atoms with van der Waals surface area (Å²) in [5.74, 6) is -0.562. The quantitative estimate of drug-likeness (QED) is 0.687. The molecule has 1 fully saturated rings. The van der Waals surface area contributed by atoms with Crippen LogP contribution in [0.25, 0.3) is 9.88 Å². The molecule has 0 bridgehead atoms. The number of urea groups is 1. The van der Waals surface area contributed by atoms with Crippen LogP contribution in [0.3, 0.4) is 0 Å². The summed E-state index contributed by atoms with van der Waals surface area (Å²) in [6.45, 7) is 0.351. The summed E-state index contributed by atoms with van der Waals surface area (Å²) in [6, 6.07) is 2.84. The lowest BCUT2D eigenvalue weighted by Crippen LogP contribution is -2.31. The molecule has 3 rings (SSSR count). The van der Waals surface area contributed by atoms with Crippen molar-refractivity contribution < 1.29 is 14.4 Å². The molecule has 9 heteroatoms. The Morgan fingerprint density at radius 3 is 2.91 bits per heavy atom. The molecule has 4 amide bonds. The molecule has 7 nitrogen and oxygen atoms in total. The molecule has 2 aromatic rings. The van der Waals surface area contributed by atoms with Gasteiger partial charge in [-0.1, -0.05) is 6.07 Å². The number of carbonyl (C=O) groups is 3. The molecule has 0 radical (unpaired) electrons. The third-order valence-corrected chi connectivity index (χ3v) is 5.20. The van der Waals surface area contributed by atoms with E-state index in [9.17, 15) is 14.4 Å². The summed E-state index contributed by atoms with van der Waals surface area (Å²) in [6.07, 6.45) is 0.446. The fourth-order valence-electron chi connectivity index (χ4n) is 2.12. The maximum Gasteiger partial charge on any atom is 0.322 e. The van der Waals surface area contributed by atoms with Gasteiger partial charge in [-0.25, -0.2) is 9.78 Å². The minimum Gasteiger partial charge on any atom is -0.350 e. The number of carbonyl (C=O) groups excluding carboxylic acids is 3. The normalized spacial score (nSPS) is 17.0. The molecule has 1 saturated heterocycles. The number of thiazole rings is 1. The highest BCUT2D eigenvalue weighted by molar-refractivity contribution is 7.20. The Morgan fingerprint density at radius 2 is 2.22 bits per heavy atom. The van der Waals surface area contributed by atoms with Crippen molar-refractivity contribution in [2.24, 2.45) is 0 Å². The lowest BCUT2D eigenvalue weighted by atomic mass is 10.1. The van der Waals surface area contributed by atoms with Gasteiger partial charge in [0, 0.05) is 11.8 Å². The van der Waals surface area contributed by atoms with Gasteiger partial charge < -0.3 is 10.6 Å². The van der Waals surface area contributed by atoms with E-state index in [1.807, 2.05) is 22.9 Å². The van der Waals surface area contributed by atoms with Crippen LogP contribution in [0.1, 0.15) is 18.5 Å². The first kappa shape index (κ1) is 15.6. The van der Waals surface area contributed by atoms with Gasteiger partial charge in [0.2, 0.25) is 5.91 Å². The van der Waals surface area contributed by atoms with E-state index in [0.29, 0.717) is 6.54 Å². The number of hydrogen-bond acceptors (Lipinski definition) is 6. The molecule has 1 aliphatic rings. The Hall–Kier alpha value is -2.26. The molecule has 1 atom stereocenters. The van der Waals surface area contributed by atoms with Crippen molar-refractivity contribution in [3.05, 3.63) is 28.6 Å². The van der Waals surface area contributed by atoms with E-state index in [1.54, 1.807) is 22.7 Å². The van der Waals surface area contributed by atoms with Crippen molar-refractivity contribution in [2.75, 3.05) is 0 Å². The minimum atomic E-state index is -0.627. The van der Waals surface area contributed by atoms with Gasteiger partial charge >= 0.3 is 6.03 Å². The van der Waals surface area contributed by atoms with E-state index < -0.39 is 12.1 Å². The van der Waals surface area contributed by atoms with Gasteiger partial charge in [0.15, 0.2) is 0 Å². The second-order valence-corrected chi connectivity index (χ2v) is 6.76. The first-order valence-electron chi connectivity index (χ1n) is 6.98. The van der Waals surface area contributed by atoms with Crippen molar-refractivity contribution in [3.8, 4) is 9.88 Å². The average Bonchev–Trinajstić information content (AvgIpc) is 3.24. The fraction of sp³-hybridized carbons (Fsp3) is 0.286. The van der Waals surface area contributed by atoms with Gasteiger partial charge in [-0.15, -0.1) is 22.7 Å². The van der Waals surface area contributed by atoms with Crippen molar-refractivity contribution in [2.45, 2.75) is 25.4 Å². The number of thiophene rings is 1. The summed E-state index contributed by atoms with van der Waals surface area (Å²) < 4.78 is 0. The highest BCUT2D eigenvalue weighted by Gasteiger charge is 2.29. The first-order valence-corrected chi connectivity index (χ1v) is 8.74. The zero-order chi connectivity index (χ0) is 16.2. The van der Waals surface area contributed by atoms with E-state index in [2.05, 4.69) is 20.9 Å². The van der Waals surface area contributed by atoms with Gasteiger partial charge in [0.25, 0.3) is 5.91 Å². The monoisotopic (exact) mass is 350 g/mol. The zero-order valence-corrected chi connectivity index (χ0v) is 13.6. The van der Waals surface area contributed by atoms with Gasteiger partial charge in [0.05, 0.1) is 17.1 Å². The van der Waals surface area contributed by atoms with Crippen molar-refractivity contribution in [1.82, 2.24) is 20.9 Å². The third-order valence-electron chi connectivity index (χ3n) is 3.27. The Bertz CT molecular complexity index is 726. The smallest absolute Gasteiger partial charge is 0.322 e. The standard InChI is InChI=1S/C14H14N4O3S2/c19-11(4-3-9-12(20)18-14(21)17-9)15-6-8-7-23-13(16-8)10-2-1-5-22-10/h1-2,5,7,9H,3-4,6H2,(H,15,19)(H2,17,18,20,21). The predicted octanol–water partition coefficient (Wildman–Crippen LogP) is 1.48. The first-order chi connectivity index (χ1) is 11.1. The number of imide groups is 1. The summed E-state index contributed by atoms with van der Waals surface area (Å²) in [4.78, 5) is 39.7. The second-order valence-electron chi connectivity index (χ2n) is 4.95. The van der Waals surface area contributed by atoms with Crippen LogP contribution in [-0.2, 0) is 16.1 Å². The Kier molecular flexibility index (Phi) is 4.68. The van der Waals surface area contributed by atoms with E-state index in [-0.39, 0.29) is 24.7 Å². The van der Waals surface area contributed by atoms with Crippen LogP contribution >= 0.6 is 22.7 Å². The van der Waals surface area contributed by atoms with Crippen LogP contribution in [0.4, 0.5) is 4.79 Å². The van der Waals surface area contributed by atoms with Gasteiger partial charge in [0.1, 0.15) is 11.0 Å². The van der Waals surface area contributed by atoms with Crippen molar-refractivity contribution in [3.63, 3.8) is 0 Å². The average molecular weight is 350 g/mol. The Morgan fingerprint density at radius 1 is 1.35 bits per heavy atom. The summed E-state index contributed by atoms with van der Waals surface area (Å²) in [5, 5.41) is 12.2. The topological polar surface area (TPSA) is 100 Å². The molecule has 1 unspecified atom stereocenters. The van der Waals surface area contributed by atoms with E-state index in [0.717, 1.165) is 15.6 Å². The minimum absolute atomic E-state index is 0.167. The molecule has 23 heavy (non-hydrogen) atoms. The predicted molar refractivity (Wildman–Crippen MR) is 87.0 cm³/mol. The number of rotatable bonds is 6. The molecule has 1 aliphatic heterocycles. The lowest BCUT2D eigenvalue weighted by Gasteiger charge is -2.07. The molecule has 2 aromatic heterocycles. The van der Waals surface area contributed by atoms with Gasteiger partial charge in [-0.2, -0.15) is 0 Å². The number of hydrogen-bond donors (Lipinski definition) is 3. The second kappa shape index (κ2) is 6.88. The molecule has 3 N–H and O–H groups in total. The van der Waals surface area contributed by atoms with E-state index >= 15 is 0 Å². The number of amides is 4.